The van der Waals surface area contributed by atoms with E-state index in [1.165, 1.54) is 12.3 Å². The van der Waals surface area contributed by atoms with Crippen LogP contribution >= 0.6 is 0 Å². The van der Waals surface area contributed by atoms with Crippen LogP contribution in [0.1, 0.15) is 0 Å². The largest absolute Gasteiger partial charge is 0.383 e. The highest BCUT2D eigenvalue weighted by Gasteiger charge is 2.11. The third-order valence-corrected chi connectivity index (χ3v) is 3.24. The fraction of sp³-hybridized carbons (Fsp3) is 0.500. The zero-order valence-electron chi connectivity index (χ0n) is 10.2. The molecule has 0 bridgehead atoms. The predicted molar refractivity (Wildman–Crippen MR) is 68.8 cm³/mol. The number of nitrogens with zero attached hydrogens (tertiary/aromatic N) is 2. The second-order valence-corrected chi connectivity index (χ2v) is 5.23. The lowest BCUT2D eigenvalue weighted by molar-refractivity contribution is 0.205. The van der Waals surface area contributed by atoms with Gasteiger partial charge in [-0.15, -0.1) is 0 Å². The number of sulfonamides is 1. The van der Waals surface area contributed by atoms with Gasteiger partial charge in [0, 0.05) is 32.9 Å². The molecule has 0 saturated heterocycles. The first-order valence-corrected chi connectivity index (χ1v) is 6.96. The summed E-state index contributed by atoms with van der Waals surface area (Å²) in [6, 6.07) is 3.03. The van der Waals surface area contributed by atoms with Gasteiger partial charge in [0.05, 0.1) is 6.61 Å². The van der Waals surface area contributed by atoms with Crippen LogP contribution in [0.5, 0.6) is 0 Å². The Morgan fingerprint density at radius 3 is 2.56 bits per heavy atom. The van der Waals surface area contributed by atoms with Crippen LogP contribution in [0.4, 0.5) is 5.82 Å². The van der Waals surface area contributed by atoms with Crippen LogP contribution in [0.3, 0.4) is 0 Å². The predicted octanol–water partition coefficient (Wildman–Crippen LogP) is -0.859. The molecule has 1 heterocycles. The van der Waals surface area contributed by atoms with Crippen LogP contribution in [0.25, 0.3) is 0 Å². The maximum absolute atomic E-state index is 11.1. The number of nitrogens with two attached hydrogens (primary N) is 2. The quantitative estimate of drug-likeness (QED) is 0.669. The van der Waals surface area contributed by atoms with Crippen LogP contribution in [0.2, 0.25) is 0 Å². The minimum absolute atomic E-state index is 0.00862. The Morgan fingerprint density at radius 2 is 2.11 bits per heavy atom. The van der Waals surface area contributed by atoms with E-state index in [0.717, 1.165) is 0 Å². The lowest BCUT2D eigenvalue weighted by atomic mass is 10.4. The molecule has 1 aromatic heterocycles. The summed E-state index contributed by atoms with van der Waals surface area (Å²) < 4.78 is 27.2. The van der Waals surface area contributed by atoms with Crippen molar-refractivity contribution in [3.05, 3.63) is 18.3 Å². The summed E-state index contributed by atoms with van der Waals surface area (Å²) in [5, 5.41) is 5.00. The first kappa shape index (κ1) is 14.8. The van der Waals surface area contributed by atoms with Crippen molar-refractivity contribution < 1.29 is 13.2 Å². The minimum Gasteiger partial charge on any atom is -0.383 e. The van der Waals surface area contributed by atoms with Gasteiger partial charge in [-0.2, -0.15) is 0 Å². The van der Waals surface area contributed by atoms with Crippen molar-refractivity contribution in [3.63, 3.8) is 0 Å². The van der Waals surface area contributed by atoms with Gasteiger partial charge in [-0.1, -0.05) is 0 Å². The molecule has 8 heteroatoms. The molecule has 0 unspecified atom stereocenters. The number of hydrogen-bond donors (Lipinski definition) is 2. The second kappa shape index (κ2) is 6.64. The van der Waals surface area contributed by atoms with Gasteiger partial charge in [0.25, 0.3) is 0 Å². The maximum Gasteiger partial charge on any atom is 0.239 e. The van der Waals surface area contributed by atoms with E-state index in [0.29, 0.717) is 32.1 Å². The Labute approximate surface area is 107 Å². The fourth-order valence-corrected chi connectivity index (χ4v) is 1.88. The fourth-order valence-electron chi connectivity index (χ4n) is 1.43. The number of primary sulfonamides is 1. The lowest BCUT2D eigenvalue weighted by Gasteiger charge is -2.22. The number of aromatic nitrogens is 1. The molecule has 1 aromatic rings. The number of hydrogen-bond acceptors (Lipinski definition) is 6. The van der Waals surface area contributed by atoms with E-state index in [9.17, 15) is 8.42 Å². The van der Waals surface area contributed by atoms with E-state index in [1.807, 2.05) is 4.90 Å². The molecule has 102 valence electrons. The Morgan fingerprint density at radius 1 is 1.39 bits per heavy atom. The van der Waals surface area contributed by atoms with E-state index in [-0.39, 0.29) is 4.90 Å². The maximum atomic E-state index is 11.1. The van der Waals surface area contributed by atoms with Crippen molar-refractivity contribution in [2.75, 3.05) is 38.3 Å². The van der Waals surface area contributed by atoms with Crippen molar-refractivity contribution in [1.82, 2.24) is 4.98 Å². The van der Waals surface area contributed by atoms with Gasteiger partial charge in [0.15, 0.2) is 0 Å². The van der Waals surface area contributed by atoms with E-state index in [4.69, 9.17) is 15.6 Å². The molecule has 0 amide bonds. The molecule has 0 atom stereocenters. The topological polar surface area (TPSA) is 112 Å². The van der Waals surface area contributed by atoms with Gasteiger partial charge in [-0.25, -0.2) is 18.5 Å². The zero-order valence-corrected chi connectivity index (χ0v) is 11.1. The summed E-state index contributed by atoms with van der Waals surface area (Å²) in [5.74, 6) is 0.643. The molecule has 0 radical (unpaired) electrons. The summed E-state index contributed by atoms with van der Waals surface area (Å²) in [5.41, 5.74) is 5.51. The SMILES string of the molecule is COCCN(CCN)c1ccc(S(N)(=O)=O)cn1. The Bertz CT molecular complexity index is 461. The van der Waals surface area contributed by atoms with E-state index in [1.54, 1.807) is 13.2 Å². The minimum atomic E-state index is -3.70. The van der Waals surface area contributed by atoms with Crippen LogP contribution in [-0.2, 0) is 14.8 Å². The van der Waals surface area contributed by atoms with E-state index in [2.05, 4.69) is 4.98 Å². The highest BCUT2D eigenvalue weighted by atomic mass is 32.2. The third kappa shape index (κ3) is 4.22. The summed E-state index contributed by atoms with van der Waals surface area (Å²) >= 11 is 0. The standard InChI is InChI=1S/C10H18N4O3S/c1-17-7-6-14(5-4-11)10-3-2-9(8-13-10)18(12,15)16/h2-3,8H,4-7,11H2,1H3,(H2,12,15,16). The number of ether oxygens (including phenoxy) is 1. The average Bonchev–Trinajstić information content (AvgIpc) is 2.33. The van der Waals surface area contributed by atoms with Crippen molar-refractivity contribution in [2.45, 2.75) is 4.90 Å². The van der Waals surface area contributed by atoms with Gasteiger partial charge in [-0.05, 0) is 12.1 Å². The molecule has 4 N–H and O–H groups in total. The molecule has 0 spiro atoms. The van der Waals surface area contributed by atoms with Gasteiger partial charge in [0.1, 0.15) is 10.7 Å². The molecule has 18 heavy (non-hydrogen) atoms. The summed E-state index contributed by atoms with van der Waals surface area (Å²) in [6.45, 7) is 2.27. The molecule has 0 aliphatic carbocycles. The molecule has 0 fully saturated rings. The molecule has 0 aliphatic rings. The van der Waals surface area contributed by atoms with Gasteiger partial charge < -0.3 is 15.4 Å². The molecular formula is C10H18N4O3S. The van der Waals surface area contributed by atoms with Crippen LogP contribution in [0.15, 0.2) is 23.2 Å². The van der Waals surface area contributed by atoms with Crippen molar-refractivity contribution in [1.29, 1.82) is 0 Å². The molecule has 0 saturated carbocycles. The smallest absolute Gasteiger partial charge is 0.239 e. The lowest BCUT2D eigenvalue weighted by Crippen LogP contribution is -2.33. The third-order valence-electron chi connectivity index (χ3n) is 2.34. The summed E-state index contributed by atoms with van der Waals surface area (Å²) in [7, 11) is -2.10. The van der Waals surface area contributed by atoms with Crippen LogP contribution < -0.4 is 15.8 Å². The Kier molecular flexibility index (Phi) is 5.48. The van der Waals surface area contributed by atoms with Crippen LogP contribution in [-0.4, -0.2) is 46.8 Å². The van der Waals surface area contributed by atoms with Gasteiger partial charge in [-0.3, -0.25) is 0 Å². The summed E-state index contributed by atoms with van der Waals surface area (Å²) in [4.78, 5) is 5.98. The molecule has 1 rings (SSSR count). The van der Waals surface area contributed by atoms with E-state index >= 15 is 0 Å². The molecular weight excluding hydrogens is 256 g/mol. The second-order valence-electron chi connectivity index (χ2n) is 3.67. The van der Waals surface area contributed by atoms with Gasteiger partial charge >= 0.3 is 0 Å². The van der Waals surface area contributed by atoms with Crippen molar-refractivity contribution in [2.24, 2.45) is 10.9 Å². The highest BCUT2D eigenvalue weighted by Crippen LogP contribution is 2.13. The molecule has 0 aliphatic heterocycles. The first-order valence-electron chi connectivity index (χ1n) is 5.42. The first-order chi connectivity index (χ1) is 8.49. The number of anilines is 1. The van der Waals surface area contributed by atoms with Crippen LogP contribution in [0, 0.1) is 0 Å². The zero-order chi connectivity index (χ0) is 13.6. The molecule has 0 aromatic carbocycles. The number of rotatable bonds is 7. The number of methoxy groups -OCH3 is 1. The van der Waals surface area contributed by atoms with Gasteiger partial charge in [0.2, 0.25) is 10.0 Å². The summed E-state index contributed by atoms with van der Waals surface area (Å²) in [6.07, 6.45) is 1.24. The van der Waals surface area contributed by atoms with Crippen molar-refractivity contribution >= 4 is 15.8 Å². The molecule has 7 nitrogen and oxygen atoms in total. The Balaban J connectivity index is 2.86. The van der Waals surface area contributed by atoms with E-state index < -0.39 is 10.0 Å². The highest BCUT2D eigenvalue weighted by molar-refractivity contribution is 7.89. The number of pyridine rings is 1. The average molecular weight is 274 g/mol. The normalized spacial score (nSPS) is 11.5. The van der Waals surface area contributed by atoms with Crippen molar-refractivity contribution in [3.8, 4) is 0 Å². The monoisotopic (exact) mass is 274 g/mol. The Hall–Kier alpha value is -1.22.